The smallest absolute Gasteiger partial charge is 0.251 e. The van der Waals surface area contributed by atoms with Gasteiger partial charge in [-0.2, -0.15) is 0 Å². The zero-order valence-corrected chi connectivity index (χ0v) is 14.3. The number of aromatic amines is 2. The number of imidazole rings is 1. The summed E-state index contributed by atoms with van der Waals surface area (Å²) in [6, 6.07) is 1.65. The Labute approximate surface area is 145 Å². The summed E-state index contributed by atoms with van der Waals surface area (Å²) in [6.45, 7) is 3.14. The number of H-pyrrole nitrogens is 2. The number of fused-ring (bicyclic) bond motifs is 2. The number of rotatable bonds is 3. The van der Waals surface area contributed by atoms with Gasteiger partial charge in [0.2, 0.25) is 0 Å². The fourth-order valence-corrected chi connectivity index (χ4v) is 4.37. The normalized spacial score (nSPS) is 22.9. The van der Waals surface area contributed by atoms with Crippen LogP contribution in [0.5, 0.6) is 0 Å². The first-order valence-electron chi connectivity index (χ1n) is 9.20. The summed E-state index contributed by atoms with van der Waals surface area (Å²) in [6.07, 6.45) is 6.90. The second kappa shape index (κ2) is 5.78. The maximum atomic E-state index is 12.1. The first kappa shape index (κ1) is 15.3. The molecule has 2 aromatic rings. The summed E-state index contributed by atoms with van der Waals surface area (Å²) in [5.74, 6) is 1.31. The maximum Gasteiger partial charge on any atom is 0.251 e. The van der Waals surface area contributed by atoms with E-state index in [1.807, 2.05) is 6.33 Å². The fourth-order valence-electron chi connectivity index (χ4n) is 4.37. The molecular formula is C18H23N5O2. The second-order valence-corrected chi connectivity index (χ2v) is 7.44. The zero-order valence-electron chi connectivity index (χ0n) is 14.3. The average Bonchev–Trinajstić information content (AvgIpc) is 3.36. The zero-order chi connectivity index (χ0) is 16.9. The minimum Gasteiger partial charge on any atom is -0.381 e. The van der Waals surface area contributed by atoms with Gasteiger partial charge in [-0.05, 0) is 25.7 Å². The van der Waals surface area contributed by atoms with E-state index < -0.39 is 0 Å². The van der Waals surface area contributed by atoms with Crippen molar-refractivity contribution in [1.29, 1.82) is 0 Å². The number of nitrogens with zero attached hydrogens (tertiary/aromatic N) is 3. The van der Waals surface area contributed by atoms with Gasteiger partial charge in [-0.3, -0.25) is 9.69 Å². The number of hydrogen-bond donors (Lipinski definition) is 2. The van der Waals surface area contributed by atoms with Crippen LogP contribution in [0.3, 0.4) is 0 Å². The molecule has 25 heavy (non-hydrogen) atoms. The van der Waals surface area contributed by atoms with Gasteiger partial charge in [-0.25, -0.2) is 9.97 Å². The SMILES string of the molecule is O=c1cc(CN2CCc3[nH]cnc3C23CCOCC3)nc(C2CC2)[nH]1. The summed E-state index contributed by atoms with van der Waals surface area (Å²) < 4.78 is 5.63. The quantitative estimate of drug-likeness (QED) is 0.882. The third kappa shape index (κ3) is 2.62. The van der Waals surface area contributed by atoms with Crippen LogP contribution in [0.1, 0.15) is 54.5 Å². The average molecular weight is 341 g/mol. The van der Waals surface area contributed by atoms with Gasteiger partial charge in [-0.15, -0.1) is 0 Å². The van der Waals surface area contributed by atoms with E-state index in [1.54, 1.807) is 6.07 Å². The number of aromatic nitrogens is 4. The standard InChI is InChI=1S/C18H23N5O2/c24-15-9-13(21-17(22-15)12-1-2-12)10-23-6-3-14-16(20-11-19-14)18(23)4-7-25-8-5-18/h9,11-12H,1-8,10H2,(H,19,20)(H,21,22,24). The molecule has 7 nitrogen and oxygen atoms in total. The highest BCUT2D eigenvalue weighted by Crippen LogP contribution is 2.42. The molecule has 3 aliphatic rings. The molecule has 0 atom stereocenters. The van der Waals surface area contributed by atoms with E-state index in [1.165, 1.54) is 5.69 Å². The van der Waals surface area contributed by atoms with Crippen LogP contribution in [0.25, 0.3) is 0 Å². The minimum atomic E-state index is -0.101. The Morgan fingerprint density at radius 3 is 2.96 bits per heavy atom. The highest BCUT2D eigenvalue weighted by atomic mass is 16.5. The molecule has 5 rings (SSSR count). The van der Waals surface area contributed by atoms with Crippen LogP contribution in [-0.4, -0.2) is 44.6 Å². The molecule has 2 aliphatic heterocycles. The van der Waals surface area contributed by atoms with Crippen LogP contribution in [-0.2, 0) is 23.2 Å². The van der Waals surface area contributed by atoms with E-state index in [0.29, 0.717) is 12.5 Å². The van der Waals surface area contributed by atoms with Crippen LogP contribution >= 0.6 is 0 Å². The van der Waals surface area contributed by atoms with Gasteiger partial charge < -0.3 is 14.7 Å². The molecule has 4 heterocycles. The van der Waals surface area contributed by atoms with Gasteiger partial charge in [-0.1, -0.05) is 0 Å². The highest BCUT2D eigenvalue weighted by molar-refractivity contribution is 5.27. The van der Waals surface area contributed by atoms with Crippen molar-refractivity contribution >= 4 is 0 Å². The largest absolute Gasteiger partial charge is 0.381 e. The molecule has 0 unspecified atom stereocenters. The van der Waals surface area contributed by atoms with Crippen molar-refractivity contribution in [3.63, 3.8) is 0 Å². The molecule has 0 bridgehead atoms. The summed E-state index contributed by atoms with van der Waals surface area (Å²) in [4.78, 5) is 30.2. The summed E-state index contributed by atoms with van der Waals surface area (Å²) in [5, 5.41) is 0. The van der Waals surface area contributed by atoms with Gasteiger partial charge in [0.15, 0.2) is 0 Å². The molecule has 0 aromatic carbocycles. The van der Waals surface area contributed by atoms with Crippen molar-refractivity contribution in [2.24, 2.45) is 0 Å². The molecule has 2 aromatic heterocycles. The molecule has 1 aliphatic carbocycles. The monoisotopic (exact) mass is 341 g/mol. The van der Waals surface area contributed by atoms with E-state index in [4.69, 9.17) is 9.72 Å². The molecule has 1 spiro atoms. The summed E-state index contributed by atoms with van der Waals surface area (Å²) >= 11 is 0. The van der Waals surface area contributed by atoms with Crippen LogP contribution in [0.2, 0.25) is 0 Å². The van der Waals surface area contributed by atoms with E-state index in [0.717, 1.165) is 69.1 Å². The van der Waals surface area contributed by atoms with Gasteiger partial charge >= 0.3 is 0 Å². The minimum absolute atomic E-state index is 0.0367. The third-order valence-electron chi connectivity index (χ3n) is 5.85. The van der Waals surface area contributed by atoms with Crippen molar-refractivity contribution in [3.8, 4) is 0 Å². The van der Waals surface area contributed by atoms with Gasteiger partial charge in [0.1, 0.15) is 5.82 Å². The molecule has 2 N–H and O–H groups in total. The fraction of sp³-hybridized carbons (Fsp3) is 0.611. The predicted molar refractivity (Wildman–Crippen MR) is 91.3 cm³/mol. The molecule has 1 saturated carbocycles. The van der Waals surface area contributed by atoms with Gasteiger partial charge in [0.05, 0.1) is 23.3 Å². The Morgan fingerprint density at radius 2 is 2.16 bits per heavy atom. The number of ether oxygens (including phenoxy) is 1. The van der Waals surface area contributed by atoms with Crippen molar-refractivity contribution < 1.29 is 4.74 Å². The van der Waals surface area contributed by atoms with Gasteiger partial charge in [0.25, 0.3) is 5.56 Å². The molecular weight excluding hydrogens is 318 g/mol. The number of nitrogens with one attached hydrogen (secondary N) is 2. The molecule has 1 saturated heterocycles. The lowest BCUT2D eigenvalue weighted by molar-refractivity contribution is -0.0455. The van der Waals surface area contributed by atoms with Gasteiger partial charge in [0, 0.05) is 50.4 Å². The molecule has 0 amide bonds. The Hall–Kier alpha value is -1.99. The van der Waals surface area contributed by atoms with Crippen molar-refractivity contribution in [2.75, 3.05) is 19.8 Å². The predicted octanol–water partition coefficient (Wildman–Crippen LogP) is 1.43. The summed E-state index contributed by atoms with van der Waals surface area (Å²) in [7, 11) is 0. The first-order chi connectivity index (χ1) is 12.2. The summed E-state index contributed by atoms with van der Waals surface area (Å²) in [5.41, 5.74) is 3.14. The maximum absolute atomic E-state index is 12.1. The van der Waals surface area contributed by atoms with Crippen molar-refractivity contribution in [1.82, 2.24) is 24.8 Å². The Kier molecular flexibility index (Phi) is 3.53. The van der Waals surface area contributed by atoms with Crippen LogP contribution in [0.4, 0.5) is 0 Å². The lowest BCUT2D eigenvalue weighted by atomic mass is 9.80. The molecule has 0 radical (unpaired) electrons. The first-order valence-corrected chi connectivity index (χ1v) is 9.20. The second-order valence-electron chi connectivity index (χ2n) is 7.44. The number of hydrogen-bond acceptors (Lipinski definition) is 5. The van der Waals surface area contributed by atoms with E-state index >= 15 is 0 Å². The lowest BCUT2D eigenvalue weighted by Gasteiger charge is -2.48. The van der Waals surface area contributed by atoms with E-state index in [2.05, 4.69) is 19.9 Å². The Bertz CT molecular complexity index is 832. The van der Waals surface area contributed by atoms with Crippen LogP contribution in [0, 0.1) is 0 Å². The lowest BCUT2D eigenvalue weighted by Crippen LogP contribution is -2.53. The highest BCUT2D eigenvalue weighted by Gasteiger charge is 2.45. The third-order valence-corrected chi connectivity index (χ3v) is 5.85. The van der Waals surface area contributed by atoms with Crippen LogP contribution in [0.15, 0.2) is 17.2 Å². The topological polar surface area (TPSA) is 86.9 Å². The molecule has 7 heteroatoms. The van der Waals surface area contributed by atoms with Crippen LogP contribution < -0.4 is 5.56 Å². The molecule has 132 valence electrons. The Morgan fingerprint density at radius 1 is 1.32 bits per heavy atom. The van der Waals surface area contributed by atoms with Crippen molar-refractivity contribution in [2.45, 2.75) is 50.1 Å². The Balaban J connectivity index is 1.49. The van der Waals surface area contributed by atoms with E-state index in [9.17, 15) is 4.79 Å². The van der Waals surface area contributed by atoms with Crippen molar-refractivity contribution in [3.05, 3.63) is 45.7 Å². The molecule has 2 fully saturated rings. The van der Waals surface area contributed by atoms with E-state index in [-0.39, 0.29) is 11.1 Å².